The molecule has 0 spiro atoms. The van der Waals surface area contributed by atoms with Gasteiger partial charge in [-0.3, -0.25) is 24.6 Å². The van der Waals surface area contributed by atoms with Crippen LogP contribution < -0.4 is 10.6 Å². The number of piperazine rings is 2. The third-order valence-corrected chi connectivity index (χ3v) is 4.09. The number of carbonyl (C=O) groups excluding carboxylic acids is 3. The zero-order chi connectivity index (χ0) is 14.9. The van der Waals surface area contributed by atoms with Crippen LogP contribution in [-0.4, -0.2) is 71.8 Å². The summed E-state index contributed by atoms with van der Waals surface area (Å²) in [6.07, 6.45) is 0. The Morgan fingerprint density at radius 1 is 1.25 bits per heavy atom. The Morgan fingerprint density at radius 2 is 1.85 bits per heavy atom. The molecule has 0 bridgehead atoms. The lowest BCUT2D eigenvalue weighted by Crippen LogP contribution is -2.68. The molecule has 0 radical (unpaired) electrons. The van der Waals surface area contributed by atoms with E-state index in [4.69, 9.17) is 0 Å². The highest BCUT2D eigenvalue weighted by Gasteiger charge is 2.45. The second-order valence-corrected chi connectivity index (χ2v) is 5.82. The lowest BCUT2D eigenvalue weighted by atomic mass is 9.96. The lowest BCUT2D eigenvalue weighted by molar-refractivity contribution is -0.152. The topological polar surface area (TPSA) is 81.8 Å². The van der Waals surface area contributed by atoms with Crippen molar-refractivity contribution in [1.82, 2.24) is 20.4 Å². The molecule has 1 atom stereocenters. The van der Waals surface area contributed by atoms with E-state index in [2.05, 4.69) is 10.6 Å². The summed E-state index contributed by atoms with van der Waals surface area (Å²) in [5.74, 6) is -0.731. The molecule has 0 aromatic rings. The second-order valence-electron chi connectivity index (χ2n) is 5.82. The maximum absolute atomic E-state index is 12.5. The van der Waals surface area contributed by atoms with Gasteiger partial charge in [-0.1, -0.05) is 0 Å². The standard InChI is InChI=1S/C13H22N4O3/c1-9(11(19)16-6-4-14-5-7-16)17-8-10(18)15-12(20)13(17,2)3/h9,14H,4-8H2,1-3H3,(H,15,18,20). The van der Waals surface area contributed by atoms with Gasteiger partial charge in [0.25, 0.3) is 0 Å². The zero-order valence-corrected chi connectivity index (χ0v) is 12.2. The Balaban J connectivity index is 2.13. The third kappa shape index (κ3) is 2.69. The van der Waals surface area contributed by atoms with Gasteiger partial charge in [0.2, 0.25) is 17.7 Å². The quantitative estimate of drug-likeness (QED) is 0.605. The molecular weight excluding hydrogens is 260 g/mol. The average molecular weight is 282 g/mol. The summed E-state index contributed by atoms with van der Waals surface area (Å²) in [4.78, 5) is 39.5. The molecule has 2 N–H and O–H groups in total. The predicted octanol–water partition coefficient (Wildman–Crippen LogP) is -1.46. The first-order chi connectivity index (χ1) is 9.34. The fourth-order valence-corrected chi connectivity index (χ4v) is 2.71. The summed E-state index contributed by atoms with van der Waals surface area (Å²) in [6.45, 7) is 8.18. The van der Waals surface area contributed by atoms with Gasteiger partial charge in [-0.2, -0.15) is 0 Å². The van der Waals surface area contributed by atoms with Crippen LogP contribution in [0.4, 0.5) is 0 Å². The van der Waals surface area contributed by atoms with E-state index in [-0.39, 0.29) is 24.3 Å². The maximum atomic E-state index is 12.5. The van der Waals surface area contributed by atoms with Crippen LogP contribution in [0.3, 0.4) is 0 Å². The molecule has 3 amide bonds. The molecule has 2 heterocycles. The van der Waals surface area contributed by atoms with Gasteiger partial charge >= 0.3 is 0 Å². The Morgan fingerprint density at radius 3 is 2.45 bits per heavy atom. The third-order valence-electron chi connectivity index (χ3n) is 4.09. The minimum Gasteiger partial charge on any atom is -0.339 e. The van der Waals surface area contributed by atoms with Gasteiger partial charge in [0, 0.05) is 26.2 Å². The molecule has 7 heteroatoms. The fourth-order valence-electron chi connectivity index (χ4n) is 2.71. The maximum Gasteiger partial charge on any atom is 0.246 e. The largest absolute Gasteiger partial charge is 0.339 e. The van der Waals surface area contributed by atoms with Crippen LogP contribution in [0.5, 0.6) is 0 Å². The molecule has 20 heavy (non-hydrogen) atoms. The summed E-state index contributed by atoms with van der Waals surface area (Å²) in [5.41, 5.74) is -0.864. The summed E-state index contributed by atoms with van der Waals surface area (Å²) in [7, 11) is 0. The first-order valence-corrected chi connectivity index (χ1v) is 6.94. The predicted molar refractivity (Wildman–Crippen MR) is 72.8 cm³/mol. The normalized spacial score (nSPS) is 25.2. The Bertz CT molecular complexity index is 429. The van der Waals surface area contributed by atoms with E-state index in [1.165, 1.54) is 0 Å². The summed E-state index contributed by atoms with van der Waals surface area (Å²) < 4.78 is 0. The Hall–Kier alpha value is -1.47. The molecule has 2 aliphatic heterocycles. The van der Waals surface area contributed by atoms with Gasteiger partial charge in [-0.25, -0.2) is 0 Å². The van der Waals surface area contributed by atoms with Crippen LogP contribution in [0.25, 0.3) is 0 Å². The van der Waals surface area contributed by atoms with Crippen molar-refractivity contribution in [3.05, 3.63) is 0 Å². The monoisotopic (exact) mass is 282 g/mol. The van der Waals surface area contributed by atoms with Crippen LogP contribution in [0.1, 0.15) is 20.8 Å². The van der Waals surface area contributed by atoms with Crippen molar-refractivity contribution in [3.63, 3.8) is 0 Å². The van der Waals surface area contributed by atoms with E-state index < -0.39 is 11.6 Å². The average Bonchev–Trinajstić information content (AvgIpc) is 2.42. The number of imide groups is 1. The highest BCUT2D eigenvalue weighted by atomic mass is 16.2. The van der Waals surface area contributed by atoms with E-state index in [0.29, 0.717) is 13.1 Å². The zero-order valence-electron chi connectivity index (χ0n) is 12.2. The van der Waals surface area contributed by atoms with Gasteiger partial charge in [0.05, 0.1) is 18.1 Å². The molecule has 2 fully saturated rings. The van der Waals surface area contributed by atoms with Gasteiger partial charge in [-0.05, 0) is 20.8 Å². The first-order valence-electron chi connectivity index (χ1n) is 6.94. The highest BCUT2D eigenvalue weighted by Crippen LogP contribution is 2.22. The van der Waals surface area contributed by atoms with Crippen molar-refractivity contribution in [2.75, 3.05) is 32.7 Å². The van der Waals surface area contributed by atoms with E-state index >= 15 is 0 Å². The number of nitrogens with one attached hydrogen (secondary N) is 2. The molecule has 0 aliphatic carbocycles. The Kier molecular flexibility index (Phi) is 4.10. The lowest BCUT2D eigenvalue weighted by Gasteiger charge is -2.44. The smallest absolute Gasteiger partial charge is 0.246 e. The molecule has 2 aliphatic rings. The van der Waals surface area contributed by atoms with Crippen LogP contribution >= 0.6 is 0 Å². The minimum absolute atomic E-state index is 0.0259. The second kappa shape index (κ2) is 5.49. The van der Waals surface area contributed by atoms with Crippen molar-refractivity contribution in [3.8, 4) is 0 Å². The summed E-state index contributed by atoms with van der Waals surface area (Å²) in [6, 6.07) is -0.488. The van der Waals surface area contributed by atoms with Crippen molar-refractivity contribution in [2.24, 2.45) is 0 Å². The molecule has 0 aromatic carbocycles. The van der Waals surface area contributed by atoms with Crippen LogP contribution in [-0.2, 0) is 14.4 Å². The molecule has 1 unspecified atom stereocenters. The molecule has 112 valence electrons. The number of rotatable bonds is 2. The van der Waals surface area contributed by atoms with Crippen molar-refractivity contribution in [2.45, 2.75) is 32.4 Å². The number of amides is 3. The van der Waals surface area contributed by atoms with Crippen molar-refractivity contribution < 1.29 is 14.4 Å². The van der Waals surface area contributed by atoms with Crippen LogP contribution in [0.2, 0.25) is 0 Å². The molecule has 2 saturated heterocycles. The van der Waals surface area contributed by atoms with E-state index in [1.807, 2.05) is 0 Å². The van der Waals surface area contributed by atoms with Crippen molar-refractivity contribution in [1.29, 1.82) is 0 Å². The SMILES string of the molecule is CC(C(=O)N1CCNCC1)N1CC(=O)NC(=O)C1(C)C. The number of hydrogen-bond acceptors (Lipinski definition) is 5. The number of nitrogens with zero attached hydrogens (tertiary/aromatic N) is 2. The van der Waals surface area contributed by atoms with E-state index in [9.17, 15) is 14.4 Å². The van der Waals surface area contributed by atoms with Gasteiger partial charge in [-0.15, -0.1) is 0 Å². The van der Waals surface area contributed by atoms with Crippen LogP contribution in [0.15, 0.2) is 0 Å². The number of hydrogen-bond donors (Lipinski definition) is 2. The molecule has 2 rings (SSSR count). The minimum atomic E-state index is -0.864. The van der Waals surface area contributed by atoms with Gasteiger partial charge in [0.15, 0.2) is 0 Å². The molecule has 7 nitrogen and oxygen atoms in total. The number of carbonyl (C=O) groups is 3. The van der Waals surface area contributed by atoms with Crippen molar-refractivity contribution >= 4 is 17.7 Å². The van der Waals surface area contributed by atoms with Gasteiger partial charge in [0.1, 0.15) is 0 Å². The molecule has 0 aromatic heterocycles. The first kappa shape index (κ1) is 14.9. The molecule has 0 saturated carbocycles. The summed E-state index contributed by atoms with van der Waals surface area (Å²) in [5, 5.41) is 5.51. The summed E-state index contributed by atoms with van der Waals surface area (Å²) >= 11 is 0. The van der Waals surface area contributed by atoms with E-state index in [0.717, 1.165) is 13.1 Å². The molecular formula is C13H22N4O3. The van der Waals surface area contributed by atoms with Crippen LogP contribution in [0, 0.1) is 0 Å². The van der Waals surface area contributed by atoms with E-state index in [1.54, 1.807) is 30.6 Å². The fraction of sp³-hybridized carbons (Fsp3) is 0.769. The Labute approximate surface area is 118 Å². The van der Waals surface area contributed by atoms with Gasteiger partial charge < -0.3 is 10.2 Å². The highest BCUT2D eigenvalue weighted by molar-refractivity contribution is 6.03.